The van der Waals surface area contributed by atoms with Crippen LogP contribution in [0.5, 0.6) is 0 Å². The van der Waals surface area contributed by atoms with Gasteiger partial charge in [0.25, 0.3) is 11.8 Å². The Kier molecular flexibility index (Phi) is 7.65. The molecule has 164 valence electrons. The monoisotopic (exact) mass is 423 g/mol. The first-order valence-electron chi connectivity index (χ1n) is 10.6. The maximum absolute atomic E-state index is 12.6. The second kappa shape index (κ2) is 10.6. The molecule has 1 aliphatic rings. The maximum atomic E-state index is 12.6. The second-order valence-electron chi connectivity index (χ2n) is 7.87. The van der Waals surface area contributed by atoms with Crippen LogP contribution in [0.4, 0.5) is 5.69 Å². The summed E-state index contributed by atoms with van der Waals surface area (Å²) in [5.74, 6) is -1.35. The minimum absolute atomic E-state index is 0.176. The zero-order valence-corrected chi connectivity index (χ0v) is 18.0. The maximum Gasteiger partial charge on any atom is 0.329 e. The van der Waals surface area contributed by atoms with Crippen molar-refractivity contribution in [3.63, 3.8) is 0 Å². The summed E-state index contributed by atoms with van der Waals surface area (Å²) in [4.78, 5) is 41.4. The molecule has 1 saturated heterocycles. The number of piperazine rings is 1. The fraction of sp³-hybridized carbons (Fsp3) is 0.375. The van der Waals surface area contributed by atoms with Gasteiger partial charge in [0.15, 0.2) is 6.61 Å². The average Bonchev–Trinajstić information content (AvgIpc) is 2.81. The highest BCUT2D eigenvalue weighted by Crippen LogP contribution is 2.15. The average molecular weight is 424 g/mol. The van der Waals surface area contributed by atoms with Gasteiger partial charge in [-0.25, -0.2) is 4.79 Å². The summed E-state index contributed by atoms with van der Waals surface area (Å²) in [5, 5.41) is 2.71. The standard InChI is InChI=1S/C24H29N3O4/c1-18(2)22(25-23(29)19-9-5-3-6-10-19)24(30)31-17-21(28)27-15-13-26(14-16-27)20-11-7-4-8-12-20/h3-12,18,22H,13-17H2,1-2H3,(H,25,29)/t22-/m0/s1. The molecule has 2 amide bonds. The summed E-state index contributed by atoms with van der Waals surface area (Å²) in [6, 6.07) is 17.9. The van der Waals surface area contributed by atoms with Crippen LogP contribution in [0.25, 0.3) is 0 Å². The summed E-state index contributed by atoms with van der Waals surface area (Å²) in [6.45, 7) is 5.92. The van der Waals surface area contributed by atoms with Crippen LogP contribution in [0.15, 0.2) is 60.7 Å². The molecule has 7 nitrogen and oxygen atoms in total. The Bertz CT molecular complexity index is 878. The first kappa shape index (κ1) is 22.3. The molecule has 0 aliphatic carbocycles. The molecule has 0 bridgehead atoms. The number of hydrogen-bond donors (Lipinski definition) is 1. The van der Waals surface area contributed by atoms with E-state index in [2.05, 4.69) is 22.3 Å². The van der Waals surface area contributed by atoms with Crippen molar-refractivity contribution in [3.8, 4) is 0 Å². The third kappa shape index (κ3) is 6.07. The lowest BCUT2D eigenvalue weighted by molar-refractivity contribution is -0.154. The number of benzene rings is 2. The van der Waals surface area contributed by atoms with E-state index in [0.29, 0.717) is 18.7 Å². The van der Waals surface area contributed by atoms with Gasteiger partial charge in [0, 0.05) is 37.4 Å². The number of carbonyl (C=O) groups is 3. The van der Waals surface area contributed by atoms with E-state index in [4.69, 9.17) is 4.74 Å². The van der Waals surface area contributed by atoms with Crippen LogP contribution in [0.1, 0.15) is 24.2 Å². The summed E-state index contributed by atoms with van der Waals surface area (Å²) in [5.41, 5.74) is 1.60. The fourth-order valence-electron chi connectivity index (χ4n) is 3.48. The Morgan fingerprint density at radius 1 is 0.903 bits per heavy atom. The van der Waals surface area contributed by atoms with E-state index in [9.17, 15) is 14.4 Å². The molecular formula is C24H29N3O4. The van der Waals surface area contributed by atoms with E-state index in [0.717, 1.165) is 18.8 Å². The Morgan fingerprint density at radius 2 is 1.48 bits per heavy atom. The SMILES string of the molecule is CC(C)[C@H](NC(=O)c1ccccc1)C(=O)OCC(=O)N1CCN(c2ccccc2)CC1. The van der Waals surface area contributed by atoms with Crippen LogP contribution in [-0.4, -0.2) is 61.5 Å². The summed E-state index contributed by atoms with van der Waals surface area (Å²) >= 11 is 0. The third-order valence-electron chi connectivity index (χ3n) is 5.33. The number of carbonyl (C=O) groups excluding carboxylic acids is 3. The predicted octanol–water partition coefficient (Wildman–Crippen LogP) is 2.33. The summed E-state index contributed by atoms with van der Waals surface area (Å²) < 4.78 is 5.27. The molecule has 7 heteroatoms. The van der Waals surface area contributed by atoms with Gasteiger partial charge in [-0.15, -0.1) is 0 Å². The number of esters is 1. The summed E-state index contributed by atoms with van der Waals surface area (Å²) in [6.07, 6.45) is 0. The predicted molar refractivity (Wildman–Crippen MR) is 119 cm³/mol. The van der Waals surface area contributed by atoms with Gasteiger partial charge in [-0.2, -0.15) is 0 Å². The molecule has 0 aromatic heterocycles. The number of rotatable bonds is 7. The molecule has 1 heterocycles. The fourth-order valence-corrected chi connectivity index (χ4v) is 3.48. The molecule has 3 rings (SSSR count). The molecule has 1 fully saturated rings. The first-order chi connectivity index (χ1) is 15.0. The summed E-state index contributed by atoms with van der Waals surface area (Å²) in [7, 11) is 0. The van der Waals surface area contributed by atoms with Crippen molar-refractivity contribution in [1.29, 1.82) is 0 Å². The number of hydrogen-bond acceptors (Lipinski definition) is 5. The van der Waals surface area contributed by atoms with Crippen LogP contribution in [0.2, 0.25) is 0 Å². The lowest BCUT2D eigenvalue weighted by atomic mass is 10.0. The highest BCUT2D eigenvalue weighted by molar-refractivity contribution is 5.97. The minimum atomic E-state index is -0.824. The largest absolute Gasteiger partial charge is 0.454 e. The lowest BCUT2D eigenvalue weighted by Gasteiger charge is -2.36. The van der Waals surface area contributed by atoms with Crippen LogP contribution in [0, 0.1) is 5.92 Å². The number of ether oxygens (including phenoxy) is 1. The van der Waals surface area contributed by atoms with Crippen molar-refractivity contribution in [2.45, 2.75) is 19.9 Å². The number of nitrogens with one attached hydrogen (secondary N) is 1. The van der Waals surface area contributed by atoms with Gasteiger partial charge < -0.3 is 19.9 Å². The molecule has 0 saturated carbocycles. The zero-order valence-electron chi connectivity index (χ0n) is 18.0. The minimum Gasteiger partial charge on any atom is -0.454 e. The lowest BCUT2D eigenvalue weighted by Crippen LogP contribution is -2.50. The van der Waals surface area contributed by atoms with Crippen molar-refractivity contribution < 1.29 is 19.1 Å². The van der Waals surface area contributed by atoms with E-state index in [1.54, 1.807) is 29.2 Å². The quantitative estimate of drug-likeness (QED) is 0.692. The highest BCUT2D eigenvalue weighted by Gasteiger charge is 2.28. The van der Waals surface area contributed by atoms with Crippen LogP contribution < -0.4 is 10.2 Å². The van der Waals surface area contributed by atoms with E-state index in [-0.39, 0.29) is 24.3 Å². The highest BCUT2D eigenvalue weighted by atomic mass is 16.5. The number of para-hydroxylation sites is 1. The normalized spacial score (nSPS) is 14.8. The Hall–Kier alpha value is -3.35. The van der Waals surface area contributed by atoms with Gasteiger partial charge in [-0.1, -0.05) is 50.2 Å². The van der Waals surface area contributed by atoms with Crippen LogP contribution in [-0.2, 0) is 14.3 Å². The Labute approximate surface area is 183 Å². The molecule has 1 N–H and O–H groups in total. The third-order valence-corrected chi connectivity index (χ3v) is 5.33. The van der Waals surface area contributed by atoms with E-state index in [1.165, 1.54) is 0 Å². The van der Waals surface area contributed by atoms with Gasteiger partial charge in [0.2, 0.25) is 0 Å². The van der Waals surface area contributed by atoms with Gasteiger partial charge in [-0.3, -0.25) is 9.59 Å². The van der Waals surface area contributed by atoms with Crippen molar-refractivity contribution in [2.24, 2.45) is 5.92 Å². The number of anilines is 1. The smallest absolute Gasteiger partial charge is 0.329 e. The van der Waals surface area contributed by atoms with E-state index < -0.39 is 12.0 Å². The Balaban J connectivity index is 1.48. The molecule has 0 unspecified atom stereocenters. The second-order valence-corrected chi connectivity index (χ2v) is 7.87. The first-order valence-corrected chi connectivity index (χ1v) is 10.6. The number of amides is 2. The van der Waals surface area contributed by atoms with Gasteiger partial charge in [-0.05, 0) is 30.2 Å². The van der Waals surface area contributed by atoms with Gasteiger partial charge in [0.05, 0.1) is 0 Å². The molecule has 0 radical (unpaired) electrons. The number of nitrogens with zero attached hydrogens (tertiary/aromatic N) is 2. The van der Waals surface area contributed by atoms with Crippen molar-refractivity contribution in [3.05, 3.63) is 66.2 Å². The molecule has 1 aliphatic heterocycles. The van der Waals surface area contributed by atoms with E-state index in [1.807, 2.05) is 38.1 Å². The topological polar surface area (TPSA) is 78.9 Å². The van der Waals surface area contributed by atoms with Crippen molar-refractivity contribution in [2.75, 3.05) is 37.7 Å². The van der Waals surface area contributed by atoms with Crippen molar-refractivity contribution >= 4 is 23.5 Å². The van der Waals surface area contributed by atoms with Crippen LogP contribution in [0.3, 0.4) is 0 Å². The molecule has 1 atom stereocenters. The van der Waals surface area contributed by atoms with Gasteiger partial charge in [0.1, 0.15) is 6.04 Å². The molecule has 31 heavy (non-hydrogen) atoms. The molecule has 2 aromatic carbocycles. The molecular weight excluding hydrogens is 394 g/mol. The zero-order chi connectivity index (χ0) is 22.2. The van der Waals surface area contributed by atoms with E-state index >= 15 is 0 Å². The van der Waals surface area contributed by atoms with Crippen molar-refractivity contribution in [1.82, 2.24) is 10.2 Å². The molecule has 2 aromatic rings. The molecule has 0 spiro atoms. The van der Waals surface area contributed by atoms with Gasteiger partial charge >= 0.3 is 5.97 Å². The van der Waals surface area contributed by atoms with Crippen LogP contribution >= 0.6 is 0 Å². The Morgan fingerprint density at radius 3 is 2.06 bits per heavy atom.